The van der Waals surface area contributed by atoms with Crippen LogP contribution in [0.5, 0.6) is 0 Å². The zero-order chi connectivity index (χ0) is 4.99. The van der Waals surface area contributed by atoms with Crippen LogP contribution in [-0.4, -0.2) is 13.0 Å². The first-order valence-corrected chi connectivity index (χ1v) is 2.01. The van der Waals surface area contributed by atoms with Crippen molar-refractivity contribution in [2.45, 2.75) is 13.3 Å². The summed E-state index contributed by atoms with van der Waals surface area (Å²) in [7, 11) is 1.63. The van der Waals surface area contributed by atoms with Crippen LogP contribution in [0.3, 0.4) is 0 Å². The van der Waals surface area contributed by atoms with E-state index in [1.54, 1.807) is 7.05 Å². The molecule has 0 aromatic rings. The zero-order valence-electron chi connectivity index (χ0n) is 4.69. The van der Waals surface area contributed by atoms with E-state index >= 15 is 0 Å². The first-order chi connectivity index (χ1) is 2.81. The quantitative estimate of drug-likeness (QED) is 0.604. The second-order valence-electron chi connectivity index (χ2n) is 1.03. The summed E-state index contributed by atoms with van der Waals surface area (Å²) in [5, 5.41) is 2.48. The smallest absolute Gasteiger partial charge is 0.219 e. The number of rotatable bonds is 1. The maximum Gasteiger partial charge on any atom is 0.219 e. The van der Waals surface area contributed by atoms with Gasteiger partial charge in [-0.2, -0.15) is 0 Å². The fourth-order valence-corrected chi connectivity index (χ4v) is 0.177. The Kier molecular flexibility index (Phi) is 9.89. The van der Waals surface area contributed by atoms with Crippen LogP contribution in [0.15, 0.2) is 0 Å². The molecule has 39 valence electrons. The third kappa shape index (κ3) is 6.57. The predicted octanol–water partition coefficient (Wildman–Crippen LogP) is 0.140. The average molecular weight is 176 g/mol. The number of hydrogen-bond donors (Lipinski definition) is 1. The molecule has 0 aliphatic heterocycles. The minimum Gasteiger partial charge on any atom is -0.359 e. The van der Waals surface area contributed by atoms with Gasteiger partial charge in [0.2, 0.25) is 5.91 Å². The van der Waals surface area contributed by atoms with Gasteiger partial charge in [-0.15, -0.1) is 0 Å². The van der Waals surface area contributed by atoms with Gasteiger partial charge in [-0.1, -0.05) is 6.92 Å². The van der Waals surface area contributed by atoms with Gasteiger partial charge < -0.3 is 5.32 Å². The molecule has 0 spiro atoms. The van der Waals surface area contributed by atoms with E-state index in [4.69, 9.17) is 0 Å². The predicted molar refractivity (Wildman–Crippen MR) is 24.4 cm³/mol. The Morgan fingerprint density at radius 2 is 2.14 bits per heavy atom. The molecule has 1 radical (unpaired) electrons. The van der Waals surface area contributed by atoms with E-state index in [2.05, 4.69) is 5.32 Å². The van der Waals surface area contributed by atoms with Gasteiger partial charge in [-0.3, -0.25) is 4.79 Å². The number of nitrogens with one attached hydrogen (secondary N) is 1. The topological polar surface area (TPSA) is 29.1 Å². The minimum atomic E-state index is 0. The Balaban J connectivity index is 0. The van der Waals surface area contributed by atoms with E-state index in [9.17, 15) is 4.79 Å². The summed E-state index contributed by atoms with van der Waals surface area (Å²) in [5.74, 6) is 0.0926. The fraction of sp³-hybridized carbons (Fsp3) is 0.750. The molecule has 1 N–H and O–H groups in total. The number of hydrogen-bond acceptors (Lipinski definition) is 1. The monoisotopic (exact) mass is 176 g/mol. The maximum atomic E-state index is 10.1. The summed E-state index contributed by atoms with van der Waals surface area (Å²) in [6.07, 6.45) is 0.580. The second-order valence-corrected chi connectivity index (χ2v) is 1.03. The number of carbonyl (C=O) groups excluding carboxylic acids is 1. The van der Waals surface area contributed by atoms with Crippen molar-refractivity contribution < 1.29 is 37.5 Å². The molecule has 0 bridgehead atoms. The van der Waals surface area contributed by atoms with Gasteiger partial charge in [0, 0.05) is 46.2 Å². The van der Waals surface area contributed by atoms with Gasteiger partial charge in [-0.05, 0) is 0 Å². The Morgan fingerprint density at radius 3 is 2.14 bits per heavy atom. The van der Waals surface area contributed by atoms with Crippen LogP contribution in [0.1, 0.15) is 13.3 Å². The molecule has 0 aliphatic carbocycles. The zero-order valence-corrected chi connectivity index (χ0v) is 7.53. The molecule has 0 rings (SSSR count). The Morgan fingerprint density at radius 1 is 1.71 bits per heavy atom. The van der Waals surface area contributed by atoms with Crippen LogP contribution in [0.2, 0.25) is 0 Å². The molecule has 0 aromatic carbocycles. The summed E-state index contributed by atoms with van der Waals surface area (Å²) < 4.78 is 0. The first-order valence-electron chi connectivity index (χ1n) is 2.01. The summed E-state index contributed by atoms with van der Waals surface area (Å²) in [5.41, 5.74) is 0. The molecule has 0 heterocycles. The van der Waals surface area contributed by atoms with E-state index in [-0.39, 0.29) is 38.6 Å². The van der Waals surface area contributed by atoms with Crippen LogP contribution in [0.25, 0.3) is 0 Å². The molecule has 0 aromatic heterocycles. The van der Waals surface area contributed by atoms with Crippen molar-refractivity contribution in [1.29, 1.82) is 0 Å². The summed E-state index contributed by atoms with van der Waals surface area (Å²) >= 11 is 0. The normalized spacial score (nSPS) is 6.57. The molecule has 0 fully saturated rings. The standard InChI is InChI=1S/C4H9NO.Y/c1-3-4(6)5-2;/h3H2,1-2H3,(H,5,6);. The fourth-order valence-electron chi connectivity index (χ4n) is 0.177. The first kappa shape index (κ1) is 10.5. The van der Waals surface area contributed by atoms with Gasteiger partial charge in [0.1, 0.15) is 0 Å². The SMILES string of the molecule is CCC(=O)NC.[Y]. The molecule has 0 saturated heterocycles. The summed E-state index contributed by atoms with van der Waals surface area (Å²) in [6.45, 7) is 1.82. The van der Waals surface area contributed by atoms with Crippen molar-refractivity contribution in [2.24, 2.45) is 0 Å². The molecule has 2 nitrogen and oxygen atoms in total. The van der Waals surface area contributed by atoms with E-state index in [0.29, 0.717) is 6.42 Å². The van der Waals surface area contributed by atoms with E-state index in [1.807, 2.05) is 6.92 Å². The average Bonchev–Trinajstić information content (AvgIpc) is 1.65. The molecular formula is C4H9NOY. The van der Waals surface area contributed by atoms with Gasteiger partial charge in [0.05, 0.1) is 0 Å². The molecule has 0 saturated carbocycles. The molecule has 0 aliphatic rings. The number of carbonyl (C=O) groups is 1. The molecule has 7 heavy (non-hydrogen) atoms. The van der Waals surface area contributed by atoms with Gasteiger partial charge >= 0.3 is 0 Å². The third-order valence-electron chi connectivity index (χ3n) is 0.600. The summed E-state index contributed by atoms with van der Waals surface area (Å²) in [4.78, 5) is 10.1. The van der Waals surface area contributed by atoms with Crippen molar-refractivity contribution in [3.8, 4) is 0 Å². The Hall–Kier alpha value is 0.574. The van der Waals surface area contributed by atoms with Gasteiger partial charge in [-0.25, -0.2) is 0 Å². The van der Waals surface area contributed by atoms with Gasteiger partial charge in [0.15, 0.2) is 0 Å². The minimum absolute atomic E-state index is 0. The van der Waals surface area contributed by atoms with E-state index < -0.39 is 0 Å². The van der Waals surface area contributed by atoms with Crippen LogP contribution < -0.4 is 5.32 Å². The Bertz CT molecular complexity index is 49.7. The largest absolute Gasteiger partial charge is 0.359 e. The Labute approximate surface area is 68.9 Å². The molecular weight excluding hydrogens is 167 g/mol. The third-order valence-corrected chi connectivity index (χ3v) is 0.600. The molecule has 3 heteroatoms. The summed E-state index contributed by atoms with van der Waals surface area (Å²) in [6, 6.07) is 0. The van der Waals surface area contributed by atoms with Crippen molar-refractivity contribution >= 4 is 5.91 Å². The van der Waals surface area contributed by atoms with Gasteiger partial charge in [0.25, 0.3) is 0 Å². The van der Waals surface area contributed by atoms with Crippen LogP contribution in [-0.2, 0) is 37.5 Å². The second kappa shape index (κ2) is 6.57. The molecule has 0 atom stereocenters. The van der Waals surface area contributed by atoms with Crippen LogP contribution in [0.4, 0.5) is 0 Å². The van der Waals surface area contributed by atoms with Crippen molar-refractivity contribution in [1.82, 2.24) is 5.32 Å². The van der Waals surface area contributed by atoms with Crippen molar-refractivity contribution in [2.75, 3.05) is 7.05 Å². The number of amides is 1. The molecule has 1 amide bonds. The van der Waals surface area contributed by atoms with Crippen molar-refractivity contribution in [3.05, 3.63) is 0 Å². The maximum absolute atomic E-state index is 10.1. The van der Waals surface area contributed by atoms with E-state index in [1.165, 1.54) is 0 Å². The van der Waals surface area contributed by atoms with Crippen molar-refractivity contribution in [3.63, 3.8) is 0 Å². The molecule has 0 unspecified atom stereocenters. The van der Waals surface area contributed by atoms with Crippen LogP contribution >= 0.6 is 0 Å². The van der Waals surface area contributed by atoms with Crippen LogP contribution in [0, 0.1) is 0 Å². The van der Waals surface area contributed by atoms with E-state index in [0.717, 1.165) is 0 Å².